The largest absolute Gasteiger partial charge is 0.481 e. The number of carboxylic acids is 1. The lowest BCUT2D eigenvalue weighted by Crippen LogP contribution is -2.23. The Morgan fingerprint density at radius 1 is 1.62 bits per heavy atom. The molecule has 0 aromatic heterocycles. The molecule has 1 heterocycles. The first-order chi connectivity index (χ1) is 6.11. The second-order valence-corrected chi connectivity index (χ2v) is 5.28. The normalized spacial score (nSPS) is 25.0. The zero-order valence-electron chi connectivity index (χ0n) is 8.32. The molecule has 1 fully saturated rings. The van der Waals surface area contributed by atoms with Gasteiger partial charge in [0.25, 0.3) is 0 Å². The number of hydrogen-bond acceptors (Lipinski definition) is 2. The van der Waals surface area contributed by atoms with Crippen LogP contribution in [0.1, 0.15) is 26.7 Å². The van der Waals surface area contributed by atoms with Crippen molar-refractivity contribution >= 4 is 17.7 Å². The van der Waals surface area contributed by atoms with Crippen LogP contribution < -0.4 is 0 Å². The maximum absolute atomic E-state index is 10.7. The number of carbonyl (C=O) groups is 1. The highest BCUT2D eigenvalue weighted by atomic mass is 32.2. The Labute approximate surface area is 84.1 Å². The van der Waals surface area contributed by atoms with Crippen LogP contribution in [0.25, 0.3) is 0 Å². The van der Waals surface area contributed by atoms with Crippen LogP contribution in [-0.2, 0) is 4.79 Å². The van der Waals surface area contributed by atoms with Crippen molar-refractivity contribution in [1.82, 2.24) is 0 Å². The molecule has 0 spiro atoms. The van der Waals surface area contributed by atoms with Gasteiger partial charge in [0.05, 0.1) is 0 Å². The summed E-state index contributed by atoms with van der Waals surface area (Å²) in [6, 6.07) is 0. The van der Waals surface area contributed by atoms with Crippen LogP contribution in [0.3, 0.4) is 0 Å². The molecule has 0 saturated carbocycles. The molecule has 1 saturated heterocycles. The smallest absolute Gasteiger partial charge is 0.303 e. The first kappa shape index (κ1) is 10.9. The lowest BCUT2D eigenvalue weighted by molar-refractivity contribution is -0.139. The fourth-order valence-electron chi connectivity index (χ4n) is 2.04. The SMILES string of the molecule is CC(C)C(CC(=O)O)C1CCSC1. The highest BCUT2D eigenvalue weighted by molar-refractivity contribution is 7.99. The molecule has 0 aromatic carbocycles. The average molecular weight is 202 g/mol. The van der Waals surface area contributed by atoms with Gasteiger partial charge in [-0.15, -0.1) is 0 Å². The molecule has 0 amide bonds. The van der Waals surface area contributed by atoms with Gasteiger partial charge in [-0.3, -0.25) is 4.79 Å². The molecule has 0 aromatic rings. The number of thioether (sulfide) groups is 1. The first-order valence-corrected chi connectivity index (χ1v) is 6.06. The fourth-order valence-corrected chi connectivity index (χ4v) is 3.39. The third-order valence-electron chi connectivity index (χ3n) is 2.84. The minimum atomic E-state index is -0.643. The van der Waals surface area contributed by atoms with Crippen LogP contribution >= 0.6 is 11.8 Å². The van der Waals surface area contributed by atoms with E-state index in [0.29, 0.717) is 24.2 Å². The van der Waals surface area contributed by atoms with Crippen molar-refractivity contribution in [3.05, 3.63) is 0 Å². The van der Waals surface area contributed by atoms with Crippen molar-refractivity contribution in [2.45, 2.75) is 26.7 Å². The minimum absolute atomic E-state index is 0.350. The average Bonchev–Trinajstić information content (AvgIpc) is 2.50. The quantitative estimate of drug-likeness (QED) is 0.761. The van der Waals surface area contributed by atoms with E-state index in [1.807, 2.05) is 11.8 Å². The molecule has 3 heteroatoms. The standard InChI is InChI=1S/C10H18O2S/c1-7(2)9(5-10(11)12)8-3-4-13-6-8/h7-9H,3-6H2,1-2H3,(H,11,12). The number of carboxylic acid groups (broad SMARTS) is 1. The summed E-state index contributed by atoms with van der Waals surface area (Å²) in [5.74, 6) is 3.26. The summed E-state index contributed by atoms with van der Waals surface area (Å²) in [7, 11) is 0. The van der Waals surface area contributed by atoms with Crippen LogP contribution in [-0.4, -0.2) is 22.6 Å². The van der Waals surface area contributed by atoms with E-state index in [1.165, 1.54) is 12.2 Å². The van der Waals surface area contributed by atoms with Gasteiger partial charge in [0.15, 0.2) is 0 Å². The van der Waals surface area contributed by atoms with E-state index in [-0.39, 0.29) is 0 Å². The number of aliphatic carboxylic acids is 1. The van der Waals surface area contributed by atoms with E-state index in [4.69, 9.17) is 5.11 Å². The lowest BCUT2D eigenvalue weighted by Gasteiger charge is -2.24. The van der Waals surface area contributed by atoms with Crippen molar-refractivity contribution in [2.75, 3.05) is 11.5 Å². The molecule has 76 valence electrons. The van der Waals surface area contributed by atoms with Gasteiger partial charge in [-0.25, -0.2) is 0 Å². The highest BCUT2D eigenvalue weighted by Crippen LogP contribution is 2.35. The Balaban J connectivity index is 2.50. The summed E-state index contributed by atoms with van der Waals surface area (Å²) in [6.45, 7) is 4.27. The van der Waals surface area contributed by atoms with E-state index in [9.17, 15) is 4.79 Å². The lowest BCUT2D eigenvalue weighted by atomic mass is 9.81. The molecule has 1 rings (SSSR count). The van der Waals surface area contributed by atoms with Crippen molar-refractivity contribution in [2.24, 2.45) is 17.8 Å². The van der Waals surface area contributed by atoms with E-state index >= 15 is 0 Å². The molecule has 13 heavy (non-hydrogen) atoms. The summed E-state index contributed by atoms with van der Waals surface area (Å²) in [5.41, 5.74) is 0. The van der Waals surface area contributed by atoms with Gasteiger partial charge in [0, 0.05) is 6.42 Å². The molecule has 2 nitrogen and oxygen atoms in total. The van der Waals surface area contributed by atoms with Gasteiger partial charge < -0.3 is 5.11 Å². The van der Waals surface area contributed by atoms with Gasteiger partial charge in [0.1, 0.15) is 0 Å². The summed E-state index contributed by atoms with van der Waals surface area (Å²) in [5, 5.41) is 8.79. The third-order valence-corrected chi connectivity index (χ3v) is 4.03. The molecule has 0 radical (unpaired) electrons. The molecule has 0 bridgehead atoms. The van der Waals surface area contributed by atoms with Gasteiger partial charge >= 0.3 is 5.97 Å². The van der Waals surface area contributed by atoms with Gasteiger partial charge in [-0.1, -0.05) is 13.8 Å². The van der Waals surface area contributed by atoms with Gasteiger partial charge in [-0.2, -0.15) is 11.8 Å². The molecule has 1 N–H and O–H groups in total. The van der Waals surface area contributed by atoms with Crippen LogP contribution in [0, 0.1) is 17.8 Å². The molecule has 2 unspecified atom stereocenters. The van der Waals surface area contributed by atoms with E-state index in [1.54, 1.807) is 0 Å². The summed E-state index contributed by atoms with van der Waals surface area (Å²) >= 11 is 1.96. The molecular weight excluding hydrogens is 184 g/mol. The second-order valence-electron chi connectivity index (χ2n) is 4.13. The minimum Gasteiger partial charge on any atom is -0.481 e. The zero-order chi connectivity index (χ0) is 9.84. The first-order valence-electron chi connectivity index (χ1n) is 4.90. The molecule has 0 aliphatic carbocycles. The number of hydrogen-bond donors (Lipinski definition) is 1. The second kappa shape index (κ2) is 4.89. The van der Waals surface area contributed by atoms with Crippen LogP contribution in [0.5, 0.6) is 0 Å². The van der Waals surface area contributed by atoms with E-state index in [2.05, 4.69) is 13.8 Å². The Bertz CT molecular complexity index is 174. The van der Waals surface area contributed by atoms with Crippen LogP contribution in [0.4, 0.5) is 0 Å². The Hall–Kier alpha value is -0.180. The highest BCUT2D eigenvalue weighted by Gasteiger charge is 2.29. The maximum atomic E-state index is 10.7. The number of rotatable bonds is 4. The molecule has 1 aliphatic rings. The van der Waals surface area contributed by atoms with Crippen molar-refractivity contribution in [3.63, 3.8) is 0 Å². The maximum Gasteiger partial charge on any atom is 0.303 e. The molecule has 1 aliphatic heterocycles. The predicted octanol–water partition coefficient (Wildman–Crippen LogP) is 2.49. The summed E-state index contributed by atoms with van der Waals surface area (Å²) in [6.07, 6.45) is 1.56. The van der Waals surface area contributed by atoms with Crippen molar-refractivity contribution < 1.29 is 9.90 Å². The summed E-state index contributed by atoms with van der Waals surface area (Å²) < 4.78 is 0. The monoisotopic (exact) mass is 202 g/mol. The van der Waals surface area contributed by atoms with Crippen molar-refractivity contribution in [1.29, 1.82) is 0 Å². The van der Waals surface area contributed by atoms with E-state index < -0.39 is 5.97 Å². The van der Waals surface area contributed by atoms with E-state index in [0.717, 1.165) is 5.75 Å². The van der Waals surface area contributed by atoms with Gasteiger partial charge in [-0.05, 0) is 35.7 Å². The van der Waals surface area contributed by atoms with Crippen molar-refractivity contribution in [3.8, 4) is 0 Å². The summed E-state index contributed by atoms with van der Waals surface area (Å²) in [4.78, 5) is 10.7. The van der Waals surface area contributed by atoms with Crippen LogP contribution in [0.2, 0.25) is 0 Å². The zero-order valence-corrected chi connectivity index (χ0v) is 9.14. The predicted molar refractivity (Wildman–Crippen MR) is 56.0 cm³/mol. The topological polar surface area (TPSA) is 37.3 Å². The Morgan fingerprint density at radius 2 is 2.31 bits per heavy atom. The fraction of sp³-hybridized carbons (Fsp3) is 0.900. The molecular formula is C10H18O2S. The molecule has 2 atom stereocenters. The Morgan fingerprint density at radius 3 is 2.69 bits per heavy atom. The Kier molecular flexibility index (Phi) is 4.10. The third kappa shape index (κ3) is 3.22. The van der Waals surface area contributed by atoms with Gasteiger partial charge in [0.2, 0.25) is 0 Å². The van der Waals surface area contributed by atoms with Crippen LogP contribution in [0.15, 0.2) is 0 Å².